The third kappa shape index (κ3) is 3.65. The van der Waals surface area contributed by atoms with Crippen molar-refractivity contribution in [2.24, 2.45) is 13.0 Å². The number of aromatic nitrogens is 3. The minimum atomic E-state index is -0.0411. The lowest BCUT2D eigenvalue weighted by Crippen LogP contribution is -2.45. The van der Waals surface area contributed by atoms with Gasteiger partial charge in [-0.3, -0.25) is 14.3 Å². The van der Waals surface area contributed by atoms with Gasteiger partial charge in [0.1, 0.15) is 0 Å². The third-order valence-electron chi connectivity index (χ3n) is 5.58. The van der Waals surface area contributed by atoms with Gasteiger partial charge in [0.15, 0.2) is 0 Å². The van der Waals surface area contributed by atoms with Crippen LogP contribution in [0.4, 0.5) is 5.95 Å². The molecule has 1 saturated carbocycles. The Kier molecular flexibility index (Phi) is 5.02. The molecule has 6 nitrogen and oxygen atoms in total. The van der Waals surface area contributed by atoms with Crippen molar-refractivity contribution in [3.05, 3.63) is 40.9 Å². The summed E-state index contributed by atoms with van der Waals surface area (Å²) in [7, 11) is 1.79. The number of pyridine rings is 1. The molecule has 0 aromatic carbocycles. The Morgan fingerprint density at radius 1 is 1.23 bits per heavy atom. The first-order valence-electron chi connectivity index (χ1n) is 9.56. The number of morpholine rings is 1. The summed E-state index contributed by atoms with van der Waals surface area (Å²) in [6.45, 7) is 2.25. The molecule has 1 aliphatic heterocycles. The third-order valence-corrected chi connectivity index (χ3v) is 5.58. The second-order valence-corrected chi connectivity index (χ2v) is 7.40. The molecule has 0 bridgehead atoms. The lowest BCUT2D eigenvalue weighted by molar-refractivity contribution is 0.0244. The van der Waals surface area contributed by atoms with Crippen molar-refractivity contribution >= 4 is 5.95 Å². The molecule has 2 aromatic heterocycles. The molecule has 3 heterocycles. The second kappa shape index (κ2) is 7.58. The molecule has 0 spiro atoms. The molecule has 2 fully saturated rings. The molecule has 1 saturated heterocycles. The topological polar surface area (TPSA) is 60.2 Å². The van der Waals surface area contributed by atoms with Crippen LogP contribution in [0.3, 0.4) is 0 Å². The Bertz CT molecular complexity index is 799. The van der Waals surface area contributed by atoms with E-state index in [-0.39, 0.29) is 11.7 Å². The lowest BCUT2D eigenvalue weighted by Gasteiger charge is -2.35. The van der Waals surface area contributed by atoms with Crippen LogP contribution in [0.1, 0.15) is 32.1 Å². The van der Waals surface area contributed by atoms with Crippen LogP contribution >= 0.6 is 0 Å². The zero-order valence-corrected chi connectivity index (χ0v) is 15.3. The van der Waals surface area contributed by atoms with Crippen molar-refractivity contribution in [3.63, 3.8) is 0 Å². The number of nitrogens with zero attached hydrogens (tertiary/aromatic N) is 4. The molecule has 2 aromatic rings. The summed E-state index contributed by atoms with van der Waals surface area (Å²) in [6, 6.07) is 5.36. The maximum atomic E-state index is 12.5. The van der Waals surface area contributed by atoms with Crippen LogP contribution in [0, 0.1) is 5.92 Å². The molecule has 0 N–H and O–H groups in total. The normalized spacial score (nSPS) is 21.3. The average Bonchev–Trinajstić information content (AvgIpc) is 3.18. The van der Waals surface area contributed by atoms with Crippen LogP contribution in [0.15, 0.2) is 35.4 Å². The molecular formula is C20H26N4O2. The summed E-state index contributed by atoms with van der Waals surface area (Å²) in [6.07, 6.45) is 10.2. The van der Waals surface area contributed by atoms with Crippen LogP contribution in [-0.4, -0.2) is 40.3 Å². The fourth-order valence-corrected chi connectivity index (χ4v) is 4.14. The van der Waals surface area contributed by atoms with Gasteiger partial charge in [-0.25, -0.2) is 4.98 Å². The van der Waals surface area contributed by atoms with E-state index in [1.54, 1.807) is 30.1 Å². The van der Waals surface area contributed by atoms with Crippen molar-refractivity contribution in [2.75, 3.05) is 24.6 Å². The first-order valence-corrected chi connectivity index (χ1v) is 9.56. The highest BCUT2D eigenvalue weighted by atomic mass is 16.5. The monoisotopic (exact) mass is 354 g/mol. The molecule has 1 aliphatic carbocycles. The van der Waals surface area contributed by atoms with Gasteiger partial charge in [0.25, 0.3) is 5.56 Å². The predicted octanol–water partition coefficient (Wildman–Crippen LogP) is 2.63. The van der Waals surface area contributed by atoms with E-state index in [1.807, 2.05) is 12.1 Å². The van der Waals surface area contributed by atoms with Gasteiger partial charge in [-0.15, -0.1) is 0 Å². The maximum absolute atomic E-state index is 12.5. The zero-order chi connectivity index (χ0) is 17.9. The van der Waals surface area contributed by atoms with Crippen molar-refractivity contribution < 1.29 is 4.74 Å². The van der Waals surface area contributed by atoms with Gasteiger partial charge in [0.05, 0.1) is 18.4 Å². The van der Waals surface area contributed by atoms with Crippen molar-refractivity contribution in [3.8, 4) is 11.3 Å². The maximum Gasteiger partial charge on any atom is 0.255 e. The molecular weight excluding hydrogens is 328 g/mol. The first-order chi connectivity index (χ1) is 12.7. The summed E-state index contributed by atoms with van der Waals surface area (Å²) < 4.78 is 7.65. The van der Waals surface area contributed by atoms with Gasteiger partial charge in [0.2, 0.25) is 5.95 Å². The van der Waals surface area contributed by atoms with Crippen LogP contribution in [0.25, 0.3) is 11.3 Å². The molecule has 6 heteroatoms. The van der Waals surface area contributed by atoms with E-state index < -0.39 is 0 Å². The standard InChI is InChI=1S/C20H26N4O2/c1-23-19(25)13-18(16-6-8-21-9-7-16)22-20(23)24-10-11-26-17(14-24)12-15-4-2-3-5-15/h6-9,13,15,17H,2-5,10-12,14H2,1H3. The summed E-state index contributed by atoms with van der Waals surface area (Å²) >= 11 is 0. The molecule has 4 rings (SSSR count). The number of rotatable bonds is 4. The highest BCUT2D eigenvalue weighted by Crippen LogP contribution is 2.30. The van der Waals surface area contributed by atoms with Gasteiger partial charge < -0.3 is 9.64 Å². The van der Waals surface area contributed by atoms with E-state index >= 15 is 0 Å². The lowest BCUT2D eigenvalue weighted by atomic mass is 9.99. The molecule has 0 radical (unpaired) electrons. The first kappa shape index (κ1) is 17.2. The summed E-state index contributed by atoms with van der Waals surface area (Å²) in [5.74, 6) is 1.52. The number of ether oxygens (including phenoxy) is 1. The summed E-state index contributed by atoms with van der Waals surface area (Å²) in [4.78, 5) is 23.5. The van der Waals surface area contributed by atoms with E-state index in [1.165, 1.54) is 25.7 Å². The summed E-state index contributed by atoms with van der Waals surface area (Å²) in [5, 5.41) is 0. The molecule has 0 amide bonds. The van der Waals surface area contributed by atoms with Crippen molar-refractivity contribution in [1.29, 1.82) is 0 Å². The van der Waals surface area contributed by atoms with E-state index in [4.69, 9.17) is 9.72 Å². The van der Waals surface area contributed by atoms with Gasteiger partial charge in [-0.2, -0.15) is 0 Å². The molecule has 1 unspecified atom stereocenters. The summed E-state index contributed by atoms with van der Waals surface area (Å²) in [5.41, 5.74) is 1.57. The zero-order valence-electron chi connectivity index (χ0n) is 15.3. The Morgan fingerprint density at radius 2 is 2.00 bits per heavy atom. The van der Waals surface area contributed by atoms with Crippen LogP contribution in [-0.2, 0) is 11.8 Å². The van der Waals surface area contributed by atoms with Crippen molar-refractivity contribution in [2.45, 2.75) is 38.2 Å². The van der Waals surface area contributed by atoms with E-state index in [0.29, 0.717) is 12.3 Å². The molecule has 26 heavy (non-hydrogen) atoms. The minimum Gasteiger partial charge on any atom is -0.375 e. The second-order valence-electron chi connectivity index (χ2n) is 7.40. The fourth-order valence-electron chi connectivity index (χ4n) is 4.14. The highest BCUT2D eigenvalue weighted by molar-refractivity contribution is 5.59. The number of anilines is 1. The SMILES string of the molecule is Cn1c(N2CCOC(CC3CCCC3)C2)nc(-c2ccncc2)cc1=O. The average molecular weight is 354 g/mol. The Morgan fingerprint density at radius 3 is 2.77 bits per heavy atom. The van der Waals surface area contributed by atoms with Crippen LogP contribution in [0.5, 0.6) is 0 Å². The van der Waals surface area contributed by atoms with Crippen molar-refractivity contribution in [1.82, 2.24) is 14.5 Å². The molecule has 2 aliphatic rings. The highest BCUT2D eigenvalue weighted by Gasteiger charge is 2.27. The van der Waals surface area contributed by atoms with Gasteiger partial charge in [-0.05, 0) is 24.5 Å². The van der Waals surface area contributed by atoms with E-state index in [9.17, 15) is 4.79 Å². The Labute approximate surface area is 153 Å². The Hall–Kier alpha value is -2.21. The minimum absolute atomic E-state index is 0.0411. The van der Waals surface area contributed by atoms with E-state index in [0.717, 1.165) is 36.9 Å². The Balaban J connectivity index is 1.57. The largest absolute Gasteiger partial charge is 0.375 e. The fraction of sp³-hybridized carbons (Fsp3) is 0.550. The molecule has 138 valence electrons. The number of hydrogen-bond acceptors (Lipinski definition) is 5. The van der Waals surface area contributed by atoms with Gasteiger partial charge in [-0.1, -0.05) is 25.7 Å². The predicted molar refractivity (Wildman–Crippen MR) is 101 cm³/mol. The van der Waals surface area contributed by atoms with E-state index in [2.05, 4.69) is 9.88 Å². The van der Waals surface area contributed by atoms with Gasteiger partial charge >= 0.3 is 0 Å². The molecule has 1 atom stereocenters. The van der Waals surface area contributed by atoms with Crippen LogP contribution < -0.4 is 10.5 Å². The smallest absolute Gasteiger partial charge is 0.255 e. The van der Waals surface area contributed by atoms with Crippen LogP contribution in [0.2, 0.25) is 0 Å². The quantitative estimate of drug-likeness (QED) is 0.845. The number of hydrogen-bond donors (Lipinski definition) is 0. The van der Waals surface area contributed by atoms with Gasteiger partial charge in [0, 0.05) is 44.2 Å².